The molecular formula is C19H18ClN3O2. The zero-order valence-corrected chi connectivity index (χ0v) is 14.5. The molecule has 0 fully saturated rings. The molecule has 3 aromatic rings. The lowest BCUT2D eigenvalue weighted by Gasteiger charge is -2.07. The average molecular weight is 356 g/mol. The maximum atomic E-state index is 11.3. The van der Waals surface area contributed by atoms with Crippen LogP contribution < -0.4 is 5.43 Å². The number of amides is 1. The van der Waals surface area contributed by atoms with Gasteiger partial charge in [0.1, 0.15) is 0 Å². The number of nitrogens with one attached hydrogen (secondary N) is 1. The van der Waals surface area contributed by atoms with E-state index in [0.717, 1.165) is 27.1 Å². The van der Waals surface area contributed by atoms with Crippen molar-refractivity contribution >= 4 is 34.8 Å². The number of hydrogen-bond acceptors (Lipinski definition) is 3. The molecule has 0 aliphatic carbocycles. The number of benzene rings is 2. The van der Waals surface area contributed by atoms with E-state index in [4.69, 9.17) is 16.3 Å². The molecule has 0 bridgehead atoms. The van der Waals surface area contributed by atoms with Gasteiger partial charge in [-0.15, -0.1) is 0 Å². The fourth-order valence-electron chi connectivity index (χ4n) is 2.64. The van der Waals surface area contributed by atoms with Gasteiger partial charge in [-0.2, -0.15) is 5.10 Å². The molecule has 0 atom stereocenters. The number of ether oxygens (including phenoxy) is 1. The molecule has 0 saturated heterocycles. The molecule has 1 aromatic heterocycles. The van der Waals surface area contributed by atoms with E-state index in [1.807, 2.05) is 54.7 Å². The Labute approximate surface area is 150 Å². The highest BCUT2D eigenvalue weighted by Gasteiger charge is 2.08. The quantitative estimate of drug-likeness (QED) is 0.544. The van der Waals surface area contributed by atoms with Crippen molar-refractivity contribution in [2.45, 2.75) is 13.5 Å². The summed E-state index contributed by atoms with van der Waals surface area (Å²) in [5.74, 6) is 0. The zero-order chi connectivity index (χ0) is 17.6. The molecular weight excluding hydrogens is 338 g/mol. The summed E-state index contributed by atoms with van der Waals surface area (Å²) >= 11 is 6.28. The van der Waals surface area contributed by atoms with Crippen molar-refractivity contribution in [3.63, 3.8) is 0 Å². The minimum atomic E-state index is -0.571. The molecule has 2 aromatic carbocycles. The Morgan fingerprint density at radius 1 is 1.24 bits per heavy atom. The SMILES string of the molecule is CCOC(=O)N/N=C/c1cn(Cc2ccccc2Cl)c2ccccc12. The van der Waals surface area contributed by atoms with Crippen molar-refractivity contribution in [1.82, 2.24) is 9.99 Å². The van der Waals surface area contributed by atoms with Crippen molar-refractivity contribution < 1.29 is 9.53 Å². The summed E-state index contributed by atoms with van der Waals surface area (Å²) in [7, 11) is 0. The predicted molar refractivity (Wildman–Crippen MR) is 100 cm³/mol. The number of nitrogens with zero attached hydrogens (tertiary/aromatic N) is 2. The summed E-state index contributed by atoms with van der Waals surface area (Å²) in [6.07, 6.45) is 3.03. The summed E-state index contributed by atoms with van der Waals surface area (Å²) in [6, 6.07) is 15.8. The van der Waals surface area contributed by atoms with Crippen molar-refractivity contribution in [1.29, 1.82) is 0 Å². The third-order valence-electron chi connectivity index (χ3n) is 3.75. The monoisotopic (exact) mass is 355 g/mol. The molecule has 1 amide bonds. The zero-order valence-electron chi connectivity index (χ0n) is 13.8. The van der Waals surface area contributed by atoms with E-state index in [0.29, 0.717) is 13.2 Å². The number of hydrogen-bond donors (Lipinski definition) is 1. The third kappa shape index (κ3) is 4.00. The van der Waals surface area contributed by atoms with Crippen molar-refractivity contribution in [2.75, 3.05) is 6.61 Å². The molecule has 0 aliphatic heterocycles. The van der Waals surface area contributed by atoms with E-state index in [2.05, 4.69) is 15.1 Å². The van der Waals surface area contributed by atoms with Gasteiger partial charge >= 0.3 is 6.09 Å². The molecule has 0 radical (unpaired) electrons. The fourth-order valence-corrected chi connectivity index (χ4v) is 2.83. The van der Waals surface area contributed by atoms with Crippen LogP contribution in [0, 0.1) is 0 Å². The molecule has 3 rings (SSSR count). The van der Waals surface area contributed by atoms with Gasteiger partial charge in [-0.25, -0.2) is 10.2 Å². The number of fused-ring (bicyclic) bond motifs is 1. The van der Waals surface area contributed by atoms with Crippen LogP contribution in [-0.4, -0.2) is 23.5 Å². The molecule has 25 heavy (non-hydrogen) atoms. The Bertz CT molecular complexity index is 918. The minimum Gasteiger partial charge on any atom is -0.449 e. The second-order valence-electron chi connectivity index (χ2n) is 5.41. The van der Waals surface area contributed by atoms with Gasteiger partial charge in [0.2, 0.25) is 0 Å². The summed E-state index contributed by atoms with van der Waals surface area (Å²) in [5.41, 5.74) is 5.35. The summed E-state index contributed by atoms with van der Waals surface area (Å²) < 4.78 is 6.89. The van der Waals surface area contributed by atoms with Crippen LogP contribution in [0.25, 0.3) is 10.9 Å². The Morgan fingerprint density at radius 3 is 2.80 bits per heavy atom. The predicted octanol–water partition coefficient (Wildman–Crippen LogP) is 4.42. The first-order valence-electron chi connectivity index (χ1n) is 7.96. The molecule has 0 saturated carbocycles. The molecule has 0 unspecified atom stereocenters. The van der Waals surface area contributed by atoms with E-state index in [1.165, 1.54) is 0 Å². The number of carbonyl (C=O) groups excluding carboxylic acids is 1. The number of para-hydroxylation sites is 1. The number of carbonyl (C=O) groups is 1. The van der Waals surface area contributed by atoms with Crippen LogP contribution in [0.15, 0.2) is 59.8 Å². The van der Waals surface area contributed by atoms with Crippen LogP contribution in [0.2, 0.25) is 5.02 Å². The van der Waals surface area contributed by atoms with Crippen LogP contribution in [0.3, 0.4) is 0 Å². The van der Waals surface area contributed by atoms with Crippen molar-refractivity contribution in [2.24, 2.45) is 5.10 Å². The molecule has 1 N–H and O–H groups in total. The molecule has 1 heterocycles. The average Bonchev–Trinajstić information content (AvgIpc) is 2.95. The molecule has 5 nitrogen and oxygen atoms in total. The van der Waals surface area contributed by atoms with E-state index in [-0.39, 0.29) is 0 Å². The largest absolute Gasteiger partial charge is 0.449 e. The van der Waals surface area contributed by atoms with Gasteiger partial charge in [0.25, 0.3) is 0 Å². The van der Waals surface area contributed by atoms with E-state index < -0.39 is 6.09 Å². The maximum Gasteiger partial charge on any atom is 0.427 e. The third-order valence-corrected chi connectivity index (χ3v) is 4.12. The lowest BCUT2D eigenvalue weighted by molar-refractivity contribution is 0.152. The molecule has 0 spiro atoms. The minimum absolute atomic E-state index is 0.304. The first-order chi connectivity index (χ1) is 12.2. The number of halogens is 1. The Morgan fingerprint density at radius 2 is 2.00 bits per heavy atom. The second-order valence-corrected chi connectivity index (χ2v) is 5.82. The summed E-state index contributed by atoms with van der Waals surface area (Å²) in [6.45, 7) is 2.70. The van der Waals surface area contributed by atoms with Gasteiger partial charge in [-0.3, -0.25) is 0 Å². The Kier molecular flexibility index (Phi) is 5.36. The fraction of sp³-hybridized carbons (Fsp3) is 0.158. The first-order valence-corrected chi connectivity index (χ1v) is 8.34. The van der Waals surface area contributed by atoms with E-state index in [9.17, 15) is 4.79 Å². The highest BCUT2D eigenvalue weighted by atomic mass is 35.5. The van der Waals surface area contributed by atoms with Gasteiger partial charge in [0.15, 0.2) is 0 Å². The van der Waals surface area contributed by atoms with Crippen molar-refractivity contribution in [3.8, 4) is 0 Å². The normalized spacial score (nSPS) is 11.1. The smallest absolute Gasteiger partial charge is 0.427 e. The highest BCUT2D eigenvalue weighted by molar-refractivity contribution is 6.31. The maximum absolute atomic E-state index is 11.3. The van der Waals surface area contributed by atoms with Gasteiger partial charge in [0.05, 0.1) is 12.8 Å². The van der Waals surface area contributed by atoms with Gasteiger partial charge in [0, 0.05) is 34.2 Å². The van der Waals surface area contributed by atoms with Gasteiger partial charge in [-0.1, -0.05) is 48.0 Å². The van der Waals surface area contributed by atoms with Crippen LogP contribution in [0.1, 0.15) is 18.1 Å². The van der Waals surface area contributed by atoms with Crippen LogP contribution >= 0.6 is 11.6 Å². The number of hydrazone groups is 1. The van der Waals surface area contributed by atoms with E-state index >= 15 is 0 Å². The van der Waals surface area contributed by atoms with Gasteiger partial charge < -0.3 is 9.30 Å². The van der Waals surface area contributed by atoms with E-state index in [1.54, 1.807) is 13.1 Å². The topological polar surface area (TPSA) is 55.6 Å². The number of rotatable bonds is 5. The Hall–Kier alpha value is -2.79. The lowest BCUT2D eigenvalue weighted by Crippen LogP contribution is -2.18. The van der Waals surface area contributed by atoms with Crippen molar-refractivity contribution in [3.05, 3.63) is 70.9 Å². The van der Waals surface area contributed by atoms with Crippen LogP contribution in [-0.2, 0) is 11.3 Å². The van der Waals surface area contributed by atoms with Gasteiger partial charge in [-0.05, 0) is 24.6 Å². The number of aromatic nitrogens is 1. The molecule has 0 aliphatic rings. The first kappa shape index (κ1) is 17.0. The highest BCUT2D eigenvalue weighted by Crippen LogP contribution is 2.23. The van der Waals surface area contributed by atoms with Crippen LogP contribution in [0.4, 0.5) is 4.79 Å². The summed E-state index contributed by atoms with van der Waals surface area (Å²) in [5, 5.41) is 5.74. The second kappa shape index (κ2) is 7.85. The lowest BCUT2D eigenvalue weighted by atomic mass is 10.2. The summed E-state index contributed by atoms with van der Waals surface area (Å²) in [4.78, 5) is 11.3. The molecule has 128 valence electrons. The standard InChI is InChI=1S/C19H18ClN3O2/c1-2-25-19(24)22-21-11-15-13-23(18-10-6-4-8-16(15)18)12-14-7-3-5-9-17(14)20/h3-11,13H,2,12H2,1H3,(H,22,24)/b21-11+. The Balaban J connectivity index is 1.89. The molecule has 6 heteroatoms. The van der Waals surface area contributed by atoms with Crippen LogP contribution in [0.5, 0.6) is 0 Å².